The summed E-state index contributed by atoms with van der Waals surface area (Å²) in [5.74, 6) is 0.638. The second-order valence-corrected chi connectivity index (χ2v) is 6.09. The van der Waals surface area contributed by atoms with Gasteiger partial charge in [-0.2, -0.15) is 0 Å². The molecule has 1 fully saturated rings. The number of aromatic nitrogens is 2. The van der Waals surface area contributed by atoms with Crippen molar-refractivity contribution in [3.63, 3.8) is 0 Å². The van der Waals surface area contributed by atoms with E-state index in [-0.39, 0.29) is 5.56 Å². The molecule has 132 valence electrons. The van der Waals surface area contributed by atoms with Gasteiger partial charge in [-0.1, -0.05) is 42.5 Å². The summed E-state index contributed by atoms with van der Waals surface area (Å²) in [6.07, 6.45) is 4.35. The van der Waals surface area contributed by atoms with Crippen LogP contribution in [0.3, 0.4) is 0 Å². The molecule has 3 rings (SSSR count). The number of anilines is 1. The van der Waals surface area contributed by atoms with Crippen LogP contribution in [0.25, 0.3) is 6.08 Å². The van der Waals surface area contributed by atoms with Gasteiger partial charge >= 0.3 is 0 Å². The minimum Gasteiger partial charge on any atom is -0.378 e. The molecule has 6 nitrogen and oxygen atoms in total. The Morgan fingerprint density at radius 2 is 1.96 bits per heavy atom. The maximum Gasteiger partial charge on any atom is 0.252 e. The number of nitrogens with zero attached hydrogens (tertiary/aromatic N) is 3. The highest BCUT2D eigenvalue weighted by Crippen LogP contribution is 2.11. The van der Waals surface area contributed by atoms with Gasteiger partial charge in [0.25, 0.3) is 5.56 Å². The molecule has 0 saturated carbocycles. The Labute approximate surface area is 147 Å². The van der Waals surface area contributed by atoms with Crippen LogP contribution >= 0.6 is 0 Å². The minimum atomic E-state index is -0.134. The number of benzene rings is 1. The Bertz CT molecular complexity index is 750. The number of ether oxygens (including phenoxy) is 1. The predicted molar refractivity (Wildman–Crippen MR) is 99.7 cm³/mol. The summed E-state index contributed by atoms with van der Waals surface area (Å²) < 4.78 is 5.07. The Morgan fingerprint density at radius 1 is 1.20 bits per heavy atom. The highest BCUT2D eigenvalue weighted by molar-refractivity contribution is 5.48. The summed E-state index contributed by atoms with van der Waals surface area (Å²) in [6.45, 7) is 4.85. The highest BCUT2D eigenvalue weighted by atomic mass is 16.5. The standard InChI is InChI=1S/C19H24N4O2/c1-25-15-17-14-18(24)21-19(20-17)23-12-10-22(11-13-23)9-5-8-16-6-3-2-4-7-16/h2-8,14H,9-13,15H2,1H3,(H,20,21,24)/b8-5+. The molecule has 2 aromatic rings. The summed E-state index contributed by atoms with van der Waals surface area (Å²) >= 11 is 0. The molecule has 1 aliphatic heterocycles. The monoisotopic (exact) mass is 340 g/mol. The number of methoxy groups -OCH3 is 1. The molecule has 0 spiro atoms. The largest absolute Gasteiger partial charge is 0.378 e. The van der Waals surface area contributed by atoms with Gasteiger partial charge in [0.2, 0.25) is 5.95 Å². The Kier molecular flexibility index (Phi) is 5.98. The van der Waals surface area contributed by atoms with E-state index >= 15 is 0 Å². The lowest BCUT2D eigenvalue weighted by Gasteiger charge is -2.34. The second-order valence-electron chi connectivity index (χ2n) is 6.09. The predicted octanol–water partition coefficient (Wildman–Crippen LogP) is 1.75. The van der Waals surface area contributed by atoms with E-state index in [1.807, 2.05) is 18.2 Å². The van der Waals surface area contributed by atoms with Gasteiger partial charge in [-0.3, -0.25) is 14.7 Å². The number of nitrogens with one attached hydrogen (secondary N) is 1. The van der Waals surface area contributed by atoms with Crippen LogP contribution in [-0.2, 0) is 11.3 Å². The third-order valence-corrected chi connectivity index (χ3v) is 4.22. The van der Waals surface area contributed by atoms with Crippen molar-refractivity contribution >= 4 is 12.0 Å². The molecule has 1 N–H and O–H groups in total. The van der Waals surface area contributed by atoms with E-state index in [9.17, 15) is 4.79 Å². The van der Waals surface area contributed by atoms with Gasteiger partial charge in [-0.15, -0.1) is 0 Å². The number of aromatic amines is 1. The van der Waals surface area contributed by atoms with Gasteiger partial charge in [0.05, 0.1) is 12.3 Å². The van der Waals surface area contributed by atoms with Crippen molar-refractivity contribution < 1.29 is 4.74 Å². The fourth-order valence-electron chi connectivity index (χ4n) is 2.91. The zero-order valence-corrected chi connectivity index (χ0v) is 14.5. The molecule has 1 aromatic heterocycles. The maximum absolute atomic E-state index is 11.8. The average molecular weight is 340 g/mol. The van der Waals surface area contributed by atoms with Crippen LogP contribution in [0.4, 0.5) is 5.95 Å². The smallest absolute Gasteiger partial charge is 0.252 e. The molecule has 0 aliphatic carbocycles. The quantitative estimate of drug-likeness (QED) is 0.868. The number of piperazine rings is 1. The number of rotatable bonds is 6. The van der Waals surface area contributed by atoms with Crippen molar-refractivity contribution in [2.24, 2.45) is 0 Å². The molecule has 0 amide bonds. The lowest BCUT2D eigenvalue weighted by atomic mass is 10.2. The van der Waals surface area contributed by atoms with E-state index in [0.717, 1.165) is 32.7 Å². The van der Waals surface area contributed by atoms with Crippen LogP contribution < -0.4 is 10.5 Å². The van der Waals surface area contributed by atoms with E-state index in [1.165, 1.54) is 11.6 Å². The maximum atomic E-state index is 11.8. The van der Waals surface area contributed by atoms with E-state index in [1.54, 1.807) is 7.11 Å². The second kappa shape index (κ2) is 8.60. The zero-order chi connectivity index (χ0) is 17.5. The zero-order valence-electron chi connectivity index (χ0n) is 14.5. The molecule has 1 aromatic carbocycles. The van der Waals surface area contributed by atoms with Crippen LogP contribution in [0.1, 0.15) is 11.3 Å². The molecular formula is C19H24N4O2. The van der Waals surface area contributed by atoms with Gasteiger partial charge in [-0.25, -0.2) is 4.98 Å². The minimum absolute atomic E-state index is 0.134. The number of H-pyrrole nitrogens is 1. The fraction of sp³-hybridized carbons (Fsp3) is 0.368. The first-order valence-corrected chi connectivity index (χ1v) is 8.52. The van der Waals surface area contributed by atoms with Crippen molar-refractivity contribution in [3.8, 4) is 0 Å². The van der Waals surface area contributed by atoms with Gasteiger partial charge in [0, 0.05) is 45.9 Å². The first kappa shape index (κ1) is 17.4. The molecule has 1 aliphatic rings. The number of hydrogen-bond donors (Lipinski definition) is 1. The summed E-state index contributed by atoms with van der Waals surface area (Å²) in [5, 5.41) is 0. The topological polar surface area (TPSA) is 61.5 Å². The Morgan fingerprint density at radius 3 is 2.68 bits per heavy atom. The third-order valence-electron chi connectivity index (χ3n) is 4.22. The van der Waals surface area contributed by atoms with Crippen LogP contribution in [-0.4, -0.2) is 54.7 Å². The molecule has 2 heterocycles. The van der Waals surface area contributed by atoms with Crippen LogP contribution in [0.2, 0.25) is 0 Å². The van der Waals surface area contributed by atoms with Crippen molar-refractivity contribution in [2.45, 2.75) is 6.61 Å². The van der Waals surface area contributed by atoms with Gasteiger partial charge < -0.3 is 9.64 Å². The highest BCUT2D eigenvalue weighted by Gasteiger charge is 2.18. The summed E-state index contributed by atoms with van der Waals surface area (Å²) in [6, 6.07) is 11.8. The van der Waals surface area contributed by atoms with Crippen molar-refractivity contribution in [2.75, 3.05) is 44.7 Å². The first-order valence-electron chi connectivity index (χ1n) is 8.52. The fourth-order valence-corrected chi connectivity index (χ4v) is 2.91. The van der Waals surface area contributed by atoms with E-state index in [4.69, 9.17) is 4.74 Å². The van der Waals surface area contributed by atoms with Crippen molar-refractivity contribution in [1.82, 2.24) is 14.9 Å². The Balaban J connectivity index is 1.53. The van der Waals surface area contributed by atoms with E-state index in [0.29, 0.717) is 18.2 Å². The summed E-state index contributed by atoms with van der Waals surface area (Å²) in [5.41, 5.74) is 1.75. The van der Waals surface area contributed by atoms with Gasteiger partial charge in [0.1, 0.15) is 0 Å². The molecular weight excluding hydrogens is 316 g/mol. The molecule has 1 saturated heterocycles. The average Bonchev–Trinajstić information content (AvgIpc) is 2.63. The molecule has 0 radical (unpaired) electrons. The molecule has 0 atom stereocenters. The van der Waals surface area contributed by atoms with E-state index in [2.05, 4.69) is 44.1 Å². The molecule has 0 unspecified atom stereocenters. The SMILES string of the molecule is COCc1cc(=O)[nH]c(N2CCN(C/C=C/c3ccccc3)CC2)n1. The molecule has 0 bridgehead atoms. The molecule has 25 heavy (non-hydrogen) atoms. The number of hydrogen-bond acceptors (Lipinski definition) is 5. The van der Waals surface area contributed by atoms with Crippen LogP contribution in [0.15, 0.2) is 47.3 Å². The van der Waals surface area contributed by atoms with Crippen molar-refractivity contribution in [1.29, 1.82) is 0 Å². The van der Waals surface area contributed by atoms with Gasteiger partial charge in [0.15, 0.2) is 0 Å². The first-order chi connectivity index (χ1) is 12.2. The Hall–Kier alpha value is -2.44. The van der Waals surface area contributed by atoms with Crippen molar-refractivity contribution in [3.05, 3.63) is 64.1 Å². The normalized spacial score (nSPS) is 15.8. The van der Waals surface area contributed by atoms with Crippen LogP contribution in [0.5, 0.6) is 0 Å². The molecule has 6 heteroatoms. The lowest BCUT2D eigenvalue weighted by molar-refractivity contribution is 0.181. The lowest BCUT2D eigenvalue weighted by Crippen LogP contribution is -2.47. The van der Waals surface area contributed by atoms with Crippen LogP contribution in [0, 0.1) is 0 Å². The van der Waals surface area contributed by atoms with Gasteiger partial charge in [-0.05, 0) is 5.56 Å². The summed E-state index contributed by atoms with van der Waals surface area (Å²) in [4.78, 5) is 23.6. The summed E-state index contributed by atoms with van der Waals surface area (Å²) in [7, 11) is 1.60. The third kappa shape index (κ3) is 5.01. The van der Waals surface area contributed by atoms with E-state index < -0.39 is 0 Å².